The third kappa shape index (κ3) is 2.58. The summed E-state index contributed by atoms with van der Waals surface area (Å²) in [6.07, 6.45) is 0. The Balaban J connectivity index is 0.000000810. The second-order valence-corrected chi connectivity index (χ2v) is 1.41. The summed E-state index contributed by atoms with van der Waals surface area (Å²) in [5, 5.41) is 0. The third-order valence-electron chi connectivity index (χ3n) is 0.687. The van der Waals surface area contributed by atoms with Crippen molar-refractivity contribution in [1.29, 1.82) is 0 Å². The fraction of sp³-hybridized carbons (Fsp3) is 0. The molecule has 0 aromatic carbocycles. The first-order valence-electron chi connectivity index (χ1n) is 2.21. The molecule has 1 heterocycles. The summed E-state index contributed by atoms with van der Waals surface area (Å²) >= 11 is 0. The maximum absolute atomic E-state index is 5.14. The molecular formula is C3H6CeN6. The van der Waals surface area contributed by atoms with E-state index in [1.54, 1.807) is 0 Å². The van der Waals surface area contributed by atoms with Crippen LogP contribution in [-0.2, 0) is 0 Å². The van der Waals surface area contributed by atoms with Gasteiger partial charge in [0.1, 0.15) is 0 Å². The predicted molar refractivity (Wildman–Crippen MR) is 33.1 cm³/mol. The van der Waals surface area contributed by atoms with Crippen molar-refractivity contribution >= 4 is 17.8 Å². The molecule has 0 aliphatic heterocycles. The molecule has 7 heteroatoms. The summed E-state index contributed by atoms with van der Waals surface area (Å²) in [6, 6.07) is 0. The number of nitrogens with zero attached hydrogens (tertiary/aromatic N) is 3. The number of nitrogens with two attached hydrogens (primary N) is 3. The van der Waals surface area contributed by atoms with Crippen LogP contribution in [0.1, 0.15) is 0 Å². The van der Waals surface area contributed by atoms with Gasteiger partial charge in [-0.1, -0.05) is 0 Å². The van der Waals surface area contributed by atoms with E-state index in [-0.39, 0.29) is 59.6 Å². The van der Waals surface area contributed by atoms with Crippen LogP contribution in [-0.4, -0.2) is 15.0 Å². The second-order valence-electron chi connectivity index (χ2n) is 1.41. The first kappa shape index (κ1) is 9.79. The molecule has 52 valence electrons. The van der Waals surface area contributed by atoms with Gasteiger partial charge in [-0.15, -0.1) is 0 Å². The topological polar surface area (TPSA) is 117 Å². The van der Waals surface area contributed by atoms with E-state index in [0.29, 0.717) is 0 Å². The Morgan fingerprint density at radius 1 is 0.700 bits per heavy atom. The summed E-state index contributed by atoms with van der Waals surface area (Å²) < 4.78 is 0. The number of nitrogen functional groups attached to an aromatic ring is 3. The maximum Gasteiger partial charge on any atom is 0.226 e. The molecular weight excluding hydrogens is 260 g/mol. The van der Waals surface area contributed by atoms with E-state index >= 15 is 0 Å². The van der Waals surface area contributed by atoms with Crippen LogP contribution in [0.4, 0.5) is 17.8 Å². The van der Waals surface area contributed by atoms with Gasteiger partial charge in [-0.25, -0.2) is 0 Å². The minimum absolute atomic E-state index is 0. The molecule has 0 unspecified atom stereocenters. The molecule has 0 amide bonds. The van der Waals surface area contributed by atoms with Gasteiger partial charge in [-0.05, 0) is 0 Å². The monoisotopic (exact) mass is 266 g/mol. The molecule has 10 heavy (non-hydrogen) atoms. The molecule has 0 aliphatic rings. The summed E-state index contributed by atoms with van der Waals surface area (Å²) in [5.74, 6) is 0.125. The Morgan fingerprint density at radius 3 is 1.10 bits per heavy atom. The first-order chi connectivity index (χ1) is 4.18. The van der Waals surface area contributed by atoms with Crippen molar-refractivity contribution in [1.82, 2.24) is 15.0 Å². The average Bonchev–Trinajstić information content (AvgIpc) is 1.59. The molecule has 6 nitrogen and oxygen atoms in total. The van der Waals surface area contributed by atoms with Crippen LogP contribution in [0.2, 0.25) is 0 Å². The van der Waals surface area contributed by atoms with Crippen molar-refractivity contribution in [2.24, 2.45) is 0 Å². The average molecular weight is 266 g/mol. The molecule has 0 saturated carbocycles. The molecule has 0 fully saturated rings. The van der Waals surface area contributed by atoms with E-state index in [1.807, 2.05) is 0 Å². The number of aromatic nitrogens is 3. The summed E-state index contributed by atoms with van der Waals surface area (Å²) in [4.78, 5) is 10.5. The Labute approximate surface area is 91.0 Å². The summed E-state index contributed by atoms with van der Waals surface area (Å²) in [7, 11) is 0. The van der Waals surface area contributed by atoms with E-state index in [9.17, 15) is 0 Å². The first-order valence-corrected chi connectivity index (χ1v) is 2.21. The molecule has 6 N–H and O–H groups in total. The Hall–Kier alpha value is -0.213. The van der Waals surface area contributed by atoms with Crippen LogP contribution in [0.15, 0.2) is 0 Å². The quantitative estimate of drug-likeness (QED) is 0.532. The van der Waals surface area contributed by atoms with Gasteiger partial charge in [0.25, 0.3) is 0 Å². The molecule has 0 bridgehead atoms. The molecule has 1 rings (SSSR count). The van der Waals surface area contributed by atoms with Crippen LogP contribution >= 0.6 is 0 Å². The molecule has 0 atom stereocenters. The zero-order chi connectivity index (χ0) is 6.85. The second kappa shape index (κ2) is 3.83. The molecule has 0 spiro atoms. The molecule has 0 radical (unpaired) electrons. The van der Waals surface area contributed by atoms with E-state index in [4.69, 9.17) is 17.2 Å². The van der Waals surface area contributed by atoms with Crippen molar-refractivity contribution in [3.63, 3.8) is 0 Å². The summed E-state index contributed by atoms with van der Waals surface area (Å²) in [5.41, 5.74) is 15.4. The van der Waals surface area contributed by atoms with Gasteiger partial charge in [0.15, 0.2) is 0 Å². The number of rotatable bonds is 0. The Kier molecular flexibility index (Phi) is 3.75. The van der Waals surface area contributed by atoms with Crippen LogP contribution in [0.25, 0.3) is 0 Å². The SMILES string of the molecule is Nc1nc(N)nc(N)n1.[Ce]. The van der Waals surface area contributed by atoms with Gasteiger partial charge in [0.2, 0.25) is 17.8 Å². The van der Waals surface area contributed by atoms with E-state index in [1.165, 1.54) is 0 Å². The Bertz CT molecular complexity index is 174. The predicted octanol–water partition coefficient (Wildman–Crippen LogP) is -1.38. The zero-order valence-electron chi connectivity index (χ0n) is 5.07. The molecule has 1 aromatic rings. The number of hydrogen-bond donors (Lipinski definition) is 3. The van der Waals surface area contributed by atoms with Gasteiger partial charge in [-0.3, -0.25) is 0 Å². The van der Waals surface area contributed by atoms with Crippen LogP contribution < -0.4 is 17.2 Å². The van der Waals surface area contributed by atoms with Crippen LogP contribution in [0.3, 0.4) is 0 Å². The standard InChI is InChI=1S/C3H6N6.Ce/c4-1-7-2(5)9-3(6)8-1;/h(H6,4,5,6,7,8,9);. The molecule has 1 aromatic heterocycles. The fourth-order valence-corrected chi connectivity index (χ4v) is 0.427. The van der Waals surface area contributed by atoms with Crippen LogP contribution in [0, 0.1) is 41.7 Å². The largest absolute Gasteiger partial charge is 0.368 e. The van der Waals surface area contributed by atoms with Crippen molar-refractivity contribution < 1.29 is 41.7 Å². The Morgan fingerprint density at radius 2 is 0.900 bits per heavy atom. The fourth-order valence-electron chi connectivity index (χ4n) is 0.427. The van der Waals surface area contributed by atoms with E-state index in [2.05, 4.69) is 15.0 Å². The van der Waals surface area contributed by atoms with Gasteiger partial charge in [-0.2, -0.15) is 15.0 Å². The normalized spacial score (nSPS) is 8.40. The minimum atomic E-state index is 0. The van der Waals surface area contributed by atoms with Gasteiger partial charge in [0.05, 0.1) is 0 Å². The smallest absolute Gasteiger partial charge is 0.226 e. The minimum Gasteiger partial charge on any atom is -0.368 e. The van der Waals surface area contributed by atoms with Crippen molar-refractivity contribution in [2.45, 2.75) is 0 Å². The number of anilines is 3. The van der Waals surface area contributed by atoms with Crippen molar-refractivity contribution in [2.75, 3.05) is 17.2 Å². The molecule has 0 saturated heterocycles. The van der Waals surface area contributed by atoms with Crippen molar-refractivity contribution in [3.8, 4) is 0 Å². The van der Waals surface area contributed by atoms with Gasteiger partial charge in [0, 0.05) is 41.7 Å². The zero-order valence-corrected chi connectivity index (χ0v) is 8.21. The van der Waals surface area contributed by atoms with Gasteiger partial charge >= 0.3 is 0 Å². The van der Waals surface area contributed by atoms with Crippen molar-refractivity contribution in [3.05, 3.63) is 0 Å². The third-order valence-corrected chi connectivity index (χ3v) is 0.687. The van der Waals surface area contributed by atoms with E-state index < -0.39 is 0 Å². The van der Waals surface area contributed by atoms with E-state index in [0.717, 1.165) is 0 Å². The maximum atomic E-state index is 5.14. The summed E-state index contributed by atoms with van der Waals surface area (Å²) in [6.45, 7) is 0. The van der Waals surface area contributed by atoms with Gasteiger partial charge < -0.3 is 17.2 Å². The number of hydrogen-bond acceptors (Lipinski definition) is 6. The molecule has 0 aliphatic carbocycles. The van der Waals surface area contributed by atoms with Crippen LogP contribution in [0.5, 0.6) is 0 Å².